The molecule has 7 heteroatoms. The van der Waals surface area contributed by atoms with Crippen LogP contribution in [0, 0.1) is 6.92 Å². The van der Waals surface area contributed by atoms with Gasteiger partial charge >= 0.3 is 0 Å². The Balaban J connectivity index is 1.44. The number of aryl methyl sites for hydroxylation is 2. The van der Waals surface area contributed by atoms with Crippen molar-refractivity contribution in [2.45, 2.75) is 18.4 Å². The van der Waals surface area contributed by atoms with Crippen molar-refractivity contribution in [2.75, 3.05) is 0 Å². The molecule has 0 saturated carbocycles. The van der Waals surface area contributed by atoms with Gasteiger partial charge in [0, 0.05) is 58.3 Å². The molecule has 0 aliphatic rings. The molecule has 0 N–H and O–H groups in total. The molecule has 3 aromatic heterocycles. The van der Waals surface area contributed by atoms with E-state index >= 15 is 0 Å². The number of thioether (sulfide) groups is 1. The third-order valence-electron chi connectivity index (χ3n) is 5.63. The summed E-state index contributed by atoms with van der Waals surface area (Å²) >= 11 is 8.18. The summed E-state index contributed by atoms with van der Waals surface area (Å²) in [7, 11) is 1.94. The van der Waals surface area contributed by atoms with Gasteiger partial charge in [-0.25, -0.2) is 4.98 Å². The molecule has 0 unspecified atom stereocenters. The molecule has 5 rings (SSSR count). The van der Waals surface area contributed by atoms with E-state index in [1.165, 1.54) is 0 Å². The van der Waals surface area contributed by atoms with E-state index in [0.29, 0.717) is 17.4 Å². The molecular weight excluding hydrogens is 476 g/mol. The lowest BCUT2D eigenvalue weighted by Gasteiger charge is -2.14. The van der Waals surface area contributed by atoms with Gasteiger partial charge in [0.25, 0.3) is 0 Å². The van der Waals surface area contributed by atoms with Gasteiger partial charge in [0.1, 0.15) is 17.9 Å². The minimum atomic E-state index is 0.298. The van der Waals surface area contributed by atoms with E-state index in [4.69, 9.17) is 21.3 Å². The molecule has 0 radical (unpaired) electrons. The molecule has 0 fully saturated rings. The Labute approximate surface area is 213 Å². The van der Waals surface area contributed by atoms with E-state index in [-0.39, 0.29) is 0 Å². The van der Waals surface area contributed by atoms with Crippen molar-refractivity contribution in [2.24, 2.45) is 7.05 Å². The zero-order valence-corrected chi connectivity index (χ0v) is 20.9. The average Bonchev–Trinajstić information content (AvgIpc) is 3.29. The lowest BCUT2D eigenvalue weighted by Crippen LogP contribution is -2.02. The highest BCUT2D eigenvalue weighted by Gasteiger charge is 2.14. The van der Waals surface area contributed by atoms with Gasteiger partial charge in [0.15, 0.2) is 0 Å². The van der Waals surface area contributed by atoms with Crippen molar-refractivity contribution < 1.29 is 4.74 Å². The Morgan fingerprint density at radius 2 is 1.91 bits per heavy atom. The molecular formula is C28H23ClN4OS. The topological polar surface area (TPSA) is 52.8 Å². The number of hydrogen-bond donors (Lipinski definition) is 0. The summed E-state index contributed by atoms with van der Waals surface area (Å²) in [5.74, 6) is 0.705. The maximum Gasteiger partial charge on any atom is 0.146 e. The van der Waals surface area contributed by atoms with E-state index in [0.717, 1.165) is 43.9 Å². The summed E-state index contributed by atoms with van der Waals surface area (Å²) < 4.78 is 8.18. The highest BCUT2D eigenvalue weighted by Crippen LogP contribution is 2.34. The number of nitrogens with zero attached hydrogens (tertiary/aromatic N) is 4. The van der Waals surface area contributed by atoms with Crippen LogP contribution in [0.25, 0.3) is 28.2 Å². The number of rotatable bonds is 7. The van der Waals surface area contributed by atoms with Gasteiger partial charge in [-0.2, -0.15) is 5.10 Å². The Morgan fingerprint density at radius 3 is 2.71 bits per heavy atom. The number of pyridine rings is 2. The number of para-hydroxylation sites is 1. The number of aromatic nitrogens is 4. The van der Waals surface area contributed by atoms with Crippen molar-refractivity contribution in [3.05, 3.63) is 107 Å². The van der Waals surface area contributed by atoms with Crippen molar-refractivity contribution >= 4 is 40.3 Å². The van der Waals surface area contributed by atoms with Crippen LogP contribution in [0.1, 0.15) is 16.8 Å². The molecule has 0 atom stereocenters. The summed E-state index contributed by atoms with van der Waals surface area (Å²) in [6.45, 7) is 2.29. The van der Waals surface area contributed by atoms with E-state index in [2.05, 4.69) is 34.3 Å². The molecule has 0 spiro atoms. The Bertz CT molecular complexity index is 1510. The van der Waals surface area contributed by atoms with Crippen molar-refractivity contribution in [3.8, 4) is 17.0 Å². The van der Waals surface area contributed by atoms with Crippen LogP contribution in [0.3, 0.4) is 0 Å². The van der Waals surface area contributed by atoms with Crippen LogP contribution in [-0.2, 0) is 13.7 Å². The van der Waals surface area contributed by atoms with Gasteiger partial charge < -0.3 is 4.74 Å². The van der Waals surface area contributed by atoms with E-state index in [1.807, 2.05) is 66.5 Å². The monoisotopic (exact) mass is 498 g/mol. The molecule has 174 valence electrons. The normalized spacial score (nSPS) is 11.4. The molecule has 0 aliphatic heterocycles. The summed E-state index contributed by atoms with van der Waals surface area (Å²) in [4.78, 5) is 10.2. The zero-order chi connectivity index (χ0) is 24.2. The molecule has 2 aromatic carbocycles. The second kappa shape index (κ2) is 10.3. The van der Waals surface area contributed by atoms with Gasteiger partial charge in [-0.05, 0) is 48.7 Å². The molecule has 5 nitrogen and oxygen atoms in total. The lowest BCUT2D eigenvalue weighted by molar-refractivity contribution is 0.309. The predicted molar refractivity (Wildman–Crippen MR) is 144 cm³/mol. The fourth-order valence-electron chi connectivity index (χ4n) is 3.92. The Kier molecular flexibility index (Phi) is 6.84. The van der Waals surface area contributed by atoms with Gasteiger partial charge in [-0.15, -0.1) is 0 Å². The SMILES string of the molecule is Cc1cc(-c2ccnn2C)c2cccc(OCc3c(Cl)cncc3/C=C/Sc3ccccc3)c2n1. The summed E-state index contributed by atoms with van der Waals surface area (Å²) in [5.41, 5.74) is 5.61. The minimum Gasteiger partial charge on any atom is -0.487 e. The molecule has 0 amide bonds. The van der Waals surface area contributed by atoms with Crippen molar-refractivity contribution in [1.82, 2.24) is 19.7 Å². The van der Waals surface area contributed by atoms with Crippen LogP contribution in [0.2, 0.25) is 5.02 Å². The maximum absolute atomic E-state index is 6.54. The van der Waals surface area contributed by atoms with E-state index in [1.54, 1.807) is 30.4 Å². The largest absolute Gasteiger partial charge is 0.487 e. The number of ether oxygens (including phenoxy) is 1. The molecule has 0 saturated heterocycles. The first kappa shape index (κ1) is 23.1. The Morgan fingerprint density at radius 1 is 1.06 bits per heavy atom. The lowest BCUT2D eigenvalue weighted by atomic mass is 10.0. The second-order valence-electron chi connectivity index (χ2n) is 8.01. The predicted octanol–water partition coefficient (Wildman–Crippen LogP) is 7.33. The van der Waals surface area contributed by atoms with Crippen molar-refractivity contribution in [1.29, 1.82) is 0 Å². The fraction of sp³-hybridized carbons (Fsp3) is 0.107. The quantitative estimate of drug-likeness (QED) is 0.220. The van der Waals surface area contributed by atoms with Crippen LogP contribution in [0.4, 0.5) is 0 Å². The number of benzene rings is 2. The summed E-state index contributed by atoms with van der Waals surface area (Å²) in [6.07, 6.45) is 7.27. The molecule has 0 bridgehead atoms. The first-order valence-corrected chi connectivity index (χ1v) is 12.4. The molecule has 5 aromatic rings. The van der Waals surface area contributed by atoms with Gasteiger partial charge in [-0.3, -0.25) is 9.67 Å². The standard InChI is InChI=1S/C28H23ClN4OS/c1-19-15-23(26-11-13-31-33(26)2)22-9-6-10-27(28(22)32-19)34-18-24-20(16-30-17-25(24)29)12-14-35-21-7-4-3-5-8-21/h3-17H,18H2,1-2H3/b14-12+. The van der Waals surface area contributed by atoms with Crippen LogP contribution in [0.15, 0.2) is 89.6 Å². The second-order valence-corrected chi connectivity index (χ2v) is 9.40. The summed E-state index contributed by atoms with van der Waals surface area (Å²) in [6, 6.07) is 20.3. The Hall–Kier alpha value is -3.61. The van der Waals surface area contributed by atoms with Gasteiger partial charge in [-0.1, -0.05) is 53.7 Å². The molecule has 3 heterocycles. The summed E-state index contributed by atoms with van der Waals surface area (Å²) in [5, 5.41) is 7.94. The number of halogens is 1. The van der Waals surface area contributed by atoms with Gasteiger partial charge in [0.05, 0.1) is 10.7 Å². The number of hydrogen-bond acceptors (Lipinski definition) is 5. The minimum absolute atomic E-state index is 0.298. The van der Waals surface area contributed by atoms with E-state index < -0.39 is 0 Å². The third-order valence-corrected chi connectivity index (χ3v) is 6.77. The van der Waals surface area contributed by atoms with E-state index in [9.17, 15) is 0 Å². The number of fused-ring (bicyclic) bond motifs is 1. The van der Waals surface area contributed by atoms with Crippen LogP contribution in [-0.4, -0.2) is 19.7 Å². The van der Waals surface area contributed by atoms with Crippen molar-refractivity contribution in [3.63, 3.8) is 0 Å². The molecule has 0 aliphatic carbocycles. The van der Waals surface area contributed by atoms with Crippen LogP contribution in [0.5, 0.6) is 5.75 Å². The van der Waals surface area contributed by atoms with Crippen LogP contribution >= 0.6 is 23.4 Å². The van der Waals surface area contributed by atoms with Crippen LogP contribution < -0.4 is 4.74 Å². The fourth-order valence-corrected chi connectivity index (χ4v) is 4.83. The highest BCUT2D eigenvalue weighted by molar-refractivity contribution is 8.02. The zero-order valence-electron chi connectivity index (χ0n) is 19.4. The maximum atomic E-state index is 6.54. The third kappa shape index (κ3) is 5.09. The highest BCUT2D eigenvalue weighted by atomic mass is 35.5. The average molecular weight is 499 g/mol. The first-order chi connectivity index (χ1) is 17.1. The van der Waals surface area contributed by atoms with Gasteiger partial charge in [0.2, 0.25) is 0 Å². The smallest absolute Gasteiger partial charge is 0.146 e. The first-order valence-electron chi connectivity index (χ1n) is 11.1. The molecule has 35 heavy (non-hydrogen) atoms.